The second-order valence-electron chi connectivity index (χ2n) is 7.18. The average Bonchev–Trinajstić information content (AvgIpc) is 2.68. The number of rotatable bonds is 6. The third-order valence-electron chi connectivity index (χ3n) is 5.12. The molecule has 2 N–H and O–H groups in total. The van der Waals surface area contributed by atoms with Crippen molar-refractivity contribution in [3.63, 3.8) is 0 Å². The summed E-state index contributed by atoms with van der Waals surface area (Å²) in [5.74, 6) is -0.683. The zero-order valence-electron chi connectivity index (χ0n) is 16.9. The molecule has 0 unspecified atom stereocenters. The summed E-state index contributed by atoms with van der Waals surface area (Å²) >= 11 is 3.37. The lowest BCUT2D eigenvalue weighted by Crippen LogP contribution is -2.34. The van der Waals surface area contributed by atoms with E-state index >= 15 is 0 Å². The van der Waals surface area contributed by atoms with Crippen molar-refractivity contribution < 1.29 is 24.2 Å². The summed E-state index contributed by atoms with van der Waals surface area (Å²) in [6.45, 7) is 6.28. The molecule has 156 valence electrons. The van der Waals surface area contributed by atoms with Crippen molar-refractivity contribution in [3.05, 3.63) is 44.7 Å². The Morgan fingerprint density at radius 2 is 2.07 bits per heavy atom. The number of allylic oxidation sites excluding steroid dienone is 3. The lowest BCUT2D eigenvalue weighted by atomic mass is 9.75. The van der Waals surface area contributed by atoms with Gasteiger partial charge in [-0.1, -0.05) is 6.92 Å². The summed E-state index contributed by atoms with van der Waals surface area (Å²) in [6, 6.07) is 3.44. The highest BCUT2D eigenvalue weighted by atomic mass is 79.9. The van der Waals surface area contributed by atoms with Gasteiger partial charge < -0.3 is 19.9 Å². The van der Waals surface area contributed by atoms with Gasteiger partial charge >= 0.3 is 5.97 Å². The molecule has 0 fully saturated rings. The van der Waals surface area contributed by atoms with Gasteiger partial charge in [0.1, 0.15) is 0 Å². The number of ether oxygens (including phenoxy) is 2. The molecule has 1 aliphatic carbocycles. The van der Waals surface area contributed by atoms with Gasteiger partial charge in [0.25, 0.3) is 0 Å². The predicted octanol–water partition coefficient (Wildman–Crippen LogP) is 4.47. The third-order valence-corrected chi connectivity index (χ3v) is 5.72. The van der Waals surface area contributed by atoms with Crippen LogP contribution in [0.25, 0.3) is 0 Å². The fourth-order valence-electron chi connectivity index (χ4n) is 3.89. The van der Waals surface area contributed by atoms with E-state index in [1.54, 1.807) is 12.1 Å². The number of esters is 1. The predicted molar refractivity (Wildman–Crippen MR) is 113 cm³/mol. The van der Waals surface area contributed by atoms with Gasteiger partial charge in [0.05, 0.1) is 23.3 Å². The molecule has 7 heteroatoms. The third kappa shape index (κ3) is 4.20. The summed E-state index contributed by atoms with van der Waals surface area (Å²) in [5, 5.41) is 13.6. The van der Waals surface area contributed by atoms with Crippen LogP contribution in [0.5, 0.6) is 11.5 Å². The number of carbonyl (C=O) groups is 2. The first-order valence-corrected chi connectivity index (χ1v) is 10.7. The van der Waals surface area contributed by atoms with Gasteiger partial charge in [-0.05, 0) is 66.7 Å². The number of Topliss-reactive ketones (excluding diaryl/α,β-unsaturated/α-hetero) is 1. The summed E-state index contributed by atoms with van der Waals surface area (Å²) in [5.41, 5.74) is 3.27. The number of phenols is 1. The lowest BCUT2D eigenvalue weighted by molar-refractivity contribution is -0.139. The Labute approximate surface area is 179 Å². The number of aromatic hydroxyl groups is 1. The van der Waals surface area contributed by atoms with Crippen LogP contribution in [0, 0.1) is 0 Å². The number of hydrogen-bond acceptors (Lipinski definition) is 6. The number of benzene rings is 1. The molecule has 0 aromatic heterocycles. The molecule has 0 saturated carbocycles. The summed E-state index contributed by atoms with van der Waals surface area (Å²) in [7, 11) is 0. The normalized spacial score (nSPS) is 19.0. The van der Waals surface area contributed by atoms with E-state index in [2.05, 4.69) is 21.2 Å². The van der Waals surface area contributed by atoms with Crippen molar-refractivity contribution in [2.45, 2.75) is 52.4 Å². The van der Waals surface area contributed by atoms with E-state index in [1.165, 1.54) is 0 Å². The summed E-state index contributed by atoms with van der Waals surface area (Å²) < 4.78 is 11.5. The smallest absolute Gasteiger partial charge is 0.336 e. The van der Waals surface area contributed by atoms with Crippen molar-refractivity contribution in [1.29, 1.82) is 0 Å². The van der Waals surface area contributed by atoms with Gasteiger partial charge in [-0.25, -0.2) is 4.79 Å². The SMILES string of the molecule is CCCOC(=O)C1=C(C)NC2=C(C(=O)CCC2)[C@H]1c1cc(Br)c(O)c(OCC)c1. The molecule has 0 bridgehead atoms. The van der Waals surface area contributed by atoms with E-state index in [9.17, 15) is 14.7 Å². The minimum absolute atomic E-state index is 0.00970. The minimum atomic E-state index is -0.570. The number of hydrogen-bond donors (Lipinski definition) is 2. The van der Waals surface area contributed by atoms with Gasteiger partial charge in [-0.15, -0.1) is 0 Å². The summed E-state index contributed by atoms with van der Waals surface area (Å²) in [4.78, 5) is 25.8. The highest BCUT2D eigenvalue weighted by Gasteiger charge is 2.39. The largest absolute Gasteiger partial charge is 0.503 e. The average molecular weight is 464 g/mol. The molecule has 1 atom stereocenters. The monoisotopic (exact) mass is 463 g/mol. The van der Waals surface area contributed by atoms with Crippen molar-refractivity contribution in [3.8, 4) is 11.5 Å². The van der Waals surface area contributed by atoms with Crippen molar-refractivity contribution in [1.82, 2.24) is 5.32 Å². The fraction of sp³-hybridized carbons (Fsp3) is 0.455. The quantitative estimate of drug-likeness (QED) is 0.605. The van der Waals surface area contributed by atoms with Crippen LogP contribution in [-0.4, -0.2) is 30.1 Å². The fourth-order valence-corrected chi connectivity index (χ4v) is 4.35. The highest BCUT2D eigenvalue weighted by molar-refractivity contribution is 9.10. The molecule has 2 aliphatic rings. The number of carbonyl (C=O) groups excluding carboxylic acids is 2. The van der Waals surface area contributed by atoms with E-state index in [4.69, 9.17) is 9.47 Å². The van der Waals surface area contributed by atoms with Crippen LogP contribution in [0.2, 0.25) is 0 Å². The van der Waals surface area contributed by atoms with Gasteiger partial charge in [0, 0.05) is 29.3 Å². The maximum Gasteiger partial charge on any atom is 0.336 e. The van der Waals surface area contributed by atoms with Gasteiger partial charge in [0.2, 0.25) is 0 Å². The van der Waals surface area contributed by atoms with Crippen LogP contribution in [0.1, 0.15) is 57.9 Å². The van der Waals surface area contributed by atoms with E-state index in [0.717, 1.165) is 18.5 Å². The number of phenolic OH excluding ortho intramolecular Hbond substituents is 1. The minimum Gasteiger partial charge on any atom is -0.503 e. The number of dihydropyridines is 1. The van der Waals surface area contributed by atoms with Gasteiger partial charge in [-0.3, -0.25) is 4.79 Å². The van der Waals surface area contributed by atoms with Crippen LogP contribution in [0.4, 0.5) is 0 Å². The summed E-state index contributed by atoms with van der Waals surface area (Å²) in [6.07, 6.45) is 2.70. The Morgan fingerprint density at radius 3 is 2.76 bits per heavy atom. The van der Waals surface area contributed by atoms with E-state index in [1.807, 2.05) is 20.8 Å². The Hall–Kier alpha value is -2.28. The second kappa shape index (κ2) is 9.03. The molecule has 6 nitrogen and oxygen atoms in total. The lowest BCUT2D eigenvalue weighted by Gasteiger charge is -2.34. The molecule has 0 amide bonds. The first-order chi connectivity index (χ1) is 13.9. The molecule has 1 aliphatic heterocycles. The van der Waals surface area contributed by atoms with Gasteiger partial charge in [-0.2, -0.15) is 0 Å². The van der Waals surface area contributed by atoms with Crippen LogP contribution in [0.3, 0.4) is 0 Å². The van der Waals surface area contributed by atoms with Crippen molar-refractivity contribution in [2.24, 2.45) is 0 Å². The van der Waals surface area contributed by atoms with E-state index < -0.39 is 11.9 Å². The zero-order valence-corrected chi connectivity index (χ0v) is 18.5. The maximum absolute atomic E-state index is 12.9. The first kappa shape index (κ1) is 21.4. The Balaban J connectivity index is 2.18. The molecular formula is C22H26BrNO5. The van der Waals surface area contributed by atoms with Crippen LogP contribution >= 0.6 is 15.9 Å². The molecule has 1 aromatic rings. The standard InChI is InChI=1S/C22H26BrNO5/c1-4-9-29-22(27)18-12(3)24-15-7-6-8-16(25)20(15)19(18)13-10-14(23)21(26)17(11-13)28-5-2/h10-11,19,24,26H,4-9H2,1-3H3/t19-/m0/s1. The molecule has 1 aromatic carbocycles. The van der Waals surface area contributed by atoms with Crippen molar-refractivity contribution >= 4 is 27.7 Å². The molecular weight excluding hydrogens is 438 g/mol. The second-order valence-corrected chi connectivity index (χ2v) is 8.04. The van der Waals surface area contributed by atoms with Crippen LogP contribution < -0.4 is 10.1 Å². The molecule has 0 saturated heterocycles. The Bertz CT molecular complexity index is 903. The topological polar surface area (TPSA) is 84.9 Å². The number of ketones is 1. The van der Waals surface area contributed by atoms with Crippen LogP contribution in [0.15, 0.2) is 39.1 Å². The van der Waals surface area contributed by atoms with E-state index in [-0.39, 0.29) is 11.5 Å². The van der Waals surface area contributed by atoms with Gasteiger partial charge in [0.15, 0.2) is 17.3 Å². The molecule has 0 radical (unpaired) electrons. The molecule has 1 heterocycles. The first-order valence-electron chi connectivity index (χ1n) is 9.95. The number of nitrogens with one attached hydrogen (secondary N) is 1. The highest BCUT2D eigenvalue weighted by Crippen LogP contribution is 2.46. The zero-order chi connectivity index (χ0) is 21.1. The molecule has 0 spiro atoms. The van der Waals surface area contributed by atoms with Crippen LogP contribution in [-0.2, 0) is 14.3 Å². The Kier molecular flexibility index (Phi) is 6.67. The Morgan fingerprint density at radius 1 is 1.31 bits per heavy atom. The number of halogens is 1. The van der Waals surface area contributed by atoms with Crippen molar-refractivity contribution in [2.75, 3.05) is 13.2 Å². The molecule has 3 rings (SSSR count). The maximum atomic E-state index is 12.9. The molecule has 29 heavy (non-hydrogen) atoms. The van der Waals surface area contributed by atoms with E-state index in [0.29, 0.717) is 58.7 Å².